The number of likely N-dealkylation sites (tertiary alicyclic amines) is 1. The zero-order valence-corrected chi connectivity index (χ0v) is 36.8. The van der Waals surface area contributed by atoms with Crippen molar-refractivity contribution in [3.05, 3.63) is 60.2 Å². The summed E-state index contributed by atoms with van der Waals surface area (Å²) >= 11 is 0. The Bertz CT molecular complexity index is 2260. The first kappa shape index (κ1) is 44.2. The Kier molecular flexibility index (Phi) is 12.1. The topological polar surface area (TPSA) is 221 Å². The molecule has 4 fully saturated rings. The molecule has 3 aliphatic heterocycles. The van der Waals surface area contributed by atoms with Gasteiger partial charge in [0.15, 0.2) is 23.1 Å². The van der Waals surface area contributed by atoms with Gasteiger partial charge in [-0.15, -0.1) is 6.58 Å². The number of nitrogens with one attached hydrogen (secondary N) is 2. The smallest absolute Gasteiger partial charge is 0.410 e. The predicted octanol–water partition coefficient (Wildman–Crippen LogP) is 4.39. The van der Waals surface area contributed by atoms with Gasteiger partial charge in [0.1, 0.15) is 11.8 Å². The minimum atomic E-state index is -3.92. The van der Waals surface area contributed by atoms with Crippen molar-refractivity contribution in [2.24, 2.45) is 28.6 Å². The average molecular weight is 889 g/mol. The average Bonchev–Trinajstić information content (AvgIpc) is 4.08. The molecular weight excluding hydrogens is 833 g/mol. The van der Waals surface area contributed by atoms with Crippen molar-refractivity contribution in [3.8, 4) is 11.5 Å². The Labute approximate surface area is 367 Å². The van der Waals surface area contributed by atoms with Crippen LogP contribution in [-0.4, -0.2) is 100 Å². The molecule has 3 aliphatic carbocycles. The molecule has 0 radical (unpaired) electrons. The fourth-order valence-electron chi connectivity index (χ4n) is 9.73. The Morgan fingerprint density at radius 2 is 1.68 bits per heavy atom. The zero-order chi connectivity index (χ0) is 44.8. The molecule has 17 nitrogen and oxygen atoms in total. The number of fused-ring (bicyclic) bond motifs is 2. The number of aromatic nitrogens is 2. The second-order valence-corrected chi connectivity index (χ2v) is 21.1. The number of hydrogen-bond donors (Lipinski definition) is 2. The molecule has 338 valence electrons. The third kappa shape index (κ3) is 9.32. The highest BCUT2D eigenvalue weighted by Crippen LogP contribution is 2.57. The molecule has 2 N–H and O–H groups in total. The zero-order valence-electron chi connectivity index (χ0n) is 36.0. The normalized spacial score (nSPS) is 25.1. The molecule has 1 unspecified atom stereocenters. The van der Waals surface area contributed by atoms with E-state index in [1.165, 1.54) is 34.5 Å². The van der Waals surface area contributed by atoms with Crippen LogP contribution in [-0.2, 0) is 47.0 Å². The molecule has 6 aliphatic rings. The number of benzene rings is 1. The second-order valence-electron chi connectivity index (χ2n) is 19.1. The molecule has 1 aromatic carbocycles. The molecule has 2 aromatic rings. The summed E-state index contributed by atoms with van der Waals surface area (Å²) in [6.07, 6.45) is 8.73. The third-order valence-corrected chi connectivity index (χ3v) is 15.5. The van der Waals surface area contributed by atoms with Crippen molar-refractivity contribution < 1.29 is 51.4 Å². The molecule has 1 saturated heterocycles. The highest BCUT2D eigenvalue weighted by Gasteiger charge is 2.61. The number of ketones is 2. The first-order valence-corrected chi connectivity index (χ1v) is 23.5. The van der Waals surface area contributed by atoms with Gasteiger partial charge in [-0.2, -0.15) is 0 Å². The van der Waals surface area contributed by atoms with E-state index in [9.17, 15) is 32.4 Å². The van der Waals surface area contributed by atoms with E-state index in [0.29, 0.717) is 24.3 Å². The molecule has 3 saturated carbocycles. The second kappa shape index (κ2) is 17.3. The van der Waals surface area contributed by atoms with Gasteiger partial charge in [-0.05, 0) is 72.6 Å². The van der Waals surface area contributed by atoms with E-state index < -0.39 is 85.7 Å². The lowest BCUT2D eigenvalue weighted by atomic mass is 9.74. The molecule has 4 heterocycles. The number of carbonyl (C=O) groups excluding carboxylic acids is 6. The standard InChI is InChI=1S/C45H56N6O11S/c1-5-29-19-45(29,42(56)49-63(58,59)31-11-12-31)20-36(53)34-17-30(62-43(57)50-22-27-15-37-38(61-25-60-37)16-28(27)23-50)24-51(34)41(55)32(44(2,3)4)18-35(52)39(26-9-7-6-8-10-26)48-40(54)33-21-46-13-14-47-33/h5,13-16,21,26,29-32,34,39H,1,6-12,17-20,22-25H2,2-4H3,(H,48,54)(H,49,56)/t29-,30+,32+,34?,39-,45-/m0/s1. The molecule has 1 aromatic heterocycles. The van der Waals surface area contributed by atoms with Gasteiger partial charge in [-0.25, -0.2) is 18.2 Å². The number of hydrogen-bond acceptors (Lipinski definition) is 13. The molecule has 63 heavy (non-hydrogen) atoms. The van der Waals surface area contributed by atoms with Gasteiger partial charge in [0.25, 0.3) is 5.91 Å². The molecular formula is C45H56N6O11S. The molecule has 4 amide bonds. The Morgan fingerprint density at radius 1 is 1.00 bits per heavy atom. The van der Waals surface area contributed by atoms with Crippen molar-refractivity contribution in [3.63, 3.8) is 0 Å². The van der Waals surface area contributed by atoms with E-state index >= 15 is 4.79 Å². The summed E-state index contributed by atoms with van der Waals surface area (Å²) in [6, 6.07) is 1.60. The van der Waals surface area contributed by atoms with Crippen LogP contribution in [0.1, 0.15) is 113 Å². The summed E-state index contributed by atoms with van der Waals surface area (Å²) < 4.78 is 45.0. The third-order valence-electron chi connectivity index (χ3n) is 13.7. The van der Waals surface area contributed by atoms with E-state index in [1.54, 1.807) is 0 Å². The lowest BCUT2D eigenvalue weighted by Crippen LogP contribution is -2.51. The van der Waals surface area contributed by atoms with Crippen LogP contribution >= 0.6 is 0 Å². The predicted molar refractivity (Wildman–Crippen MR) is 225 cm³/mol. The van der Waals surface area contributed by atoms with Gasteiger partial charge in [0.2, 0.25) is 28.6 Å². The first-order chi connectivity index (χ1) is 30.0. The largest absolute Gasteiger partial charge is 0.454 e. The summed E-state index contributed by atoms with van der Waals surface area (Å²) in [7, 11) is -3.92. The number of allylic oxidation sites excluding steroid dienone is 1. The maximum Gasteiger partial charge on any atom is 0.410 e. The van der Waals surface area contributed by atoms with Crippen LogP contribution in [0.4, 0.5) is 4.79 Å². The first-order valence-electron chi connectivity index (χ1n) is 22.0. The number of Topliss-reactive ketones (excluding diaryl/α,β-unsaturated/α-hetero) is 2. The van der Waals surface area contributed by atoms with E-state index in [2.05, 4.69) is 26.6 Å². The summed E-state index contributed by atoms with van der Waals surface area (Å²) in [5, 5.41) is 2.26. The van der Waals surface area contributed by atoms with Gasteiger partial charge in [-0.3, -0.25) is 38.6 Å². The highest BCUT2D eigenvalue weighted by molar-refractivity contribution is 7.90. The highest BCUT2D eigenvalue weighted by atomic mass is 32.2. The van der Waals surface area contributed by atoms with Crippen LogP contribution in [0.5, 0.6) is 11.5 Å². The number of nitrogens with zero attached hydrogens (tertiary/aromatic N) is 4. The number of carbonyl (C=O) groups is 6. The number of rotatable bonds is 15. The van der Waals surface area contributed by atoms with E-state index in [-0.39, 0.29) is 69.5 Å². The number of sulfonamides is 1. The van der Waals surface area contributed by atoms with Crippen molar-refractivity contribution >= 4 is 45.4 Å². The lowest BCUT2D eigenvalue weighted by molar-refractivity contribution is -0.146. The van der Waals surface area contributed by atoms with Gasteiger partial charge in [0, 0.05) is 50.7 Å². The molecule has 8 rings (SSSR count). The minimum Gasteiger partial charge on any atom is -0.454 e. The van der Waals surface area contributed by atoms with Gasteiger partial charge in [-0.1, -0.05) is 46.1 Å². The van der Waals surface area contributed by atoms with E-state index in [4.69, 9.17) is 14.2 Å². The summed E-state index contributed by atoms with van der Waals surface area (Å²) in [4.78, 5) is 96.1. The van der Waals surface area contributed by atoms with Gasteiger partial charge < -0.3 is 24.4 Å². The monoisotopic (exact) mass is 888 g/mol. The van der Waals surface area contributed by atoms with Crippen LogP contribution < -0.4 is 19.5 Å². The molecule has 0 spiro atoms. The number of amides is 4. The van der Waals surface area contributed by atoms with E-state index in [0.717, 1.165) is 43.2 Å². The Balaban J connectivity index is 1.04. The fraction of sp³-hybridized carbons (Fsp3) is 0.600. The van der Waals surface area contributed by atoms with Crippen molar-refractivity contribution in [1.82, 2.24) is 29.8 Å². The summed E-state index contributed by atoms with van der Waals surface area (Å²) in [5.74, 6) is -3.09. The van der Waals surface area contributed by atoms with Gasteiger partial charge in [0.05, 0.1) is 35.5 Å². The molecule has 18 heteroatoms. The van der Waals surface area contributed by atoms with Crippen molar-refractivity contribution in [2.75, 3.05) is 13.3 Å². The Morgan fingerprint density at radius 3 is 2.27 bits per heavy atom. The summed E-state index contributed by atoms with van der Waals surface area (Å²) in [6.45, 7) is 9.76. The van der Waals surface area contributed by atoms with Crippen LogP contribution in [0.3, 0.4) is 0 Å². The van der Waals surface area contributed by atoms with Crippen molar-refractivity contribution in [2.45, 2.75) is 128 Å². The fourth-order valence-corrected chi connectivity index (χ4v) is 11.1. The Hall–Kier alpha value is -5.39. The lowest BCUT2D eigenvalue weighted by Gasteiger charge is -2.36. The minimum absolute atomic E-state index is 0.0593. The van der Waals surface area contributed by atoms with Crippen LogP contribution in [0.2, 0.25) is 0 Å². The molecule has 0 bridgehead atoms. The van der Waals surface area contributed by atoms with Crippen LogP contribution in [0.25, 0.3) is 0 Å². The maximum atomic E-state index is 15.1. The number of ether oxygens (including phenoxy) is 3. The van der Waals surface area contributed by atoms with Gasteiger partial charge >= 0.3 is 6.09 Å². The van der Waals surface area contributed by atoms with Crippen molar-refractivity contribution in [1.29, 1.82) is 0 Å². The van der Waals surface area contributed by atoms with Crippen LogP contribution in [0.15, 0.2) is 43.4 Å². The van der Waals surface area contributed by atoms with E-state index in [1.807, 2.05) is 32.9 Å². The summed E-state index contributed by atoms with van der Waals surface area (Å²) in [5.41, 5.74) is -0.397. The SMILES string of the molecule is C=C[C@H]1C[C@@]1(CC(=O)C1C[C@@H](OC(=O)N2Cc3cc4c(cc3C2)OCO4)CN1C(=O)[C@@H](CC(=O)[C@@H](NC(=O)c1cnccn1)C1CCCCC1)C(C)(C)C)C(=O)NS(=O)(=O)C1CC1. The van der Waals surface area contributed by atoms with Crippen LogP contribution in [0, 0.1) is 28.6 Å². The molecule has 6 atom stereocenters. The maximum absolute atomic E-state index is 15.1. The quantitative estimate of drug-likeness (QED) is 0.238.